The Morgan fingerprint density at radius 2 is 1.84 bits per heavy atom. The molecule has 0 amide bonds. The number of benzene rings is 2. The van der Waals surface area contributed by atoms with E-state index in [1.54, 1.807) is 30.3 Å². The number of H-pyrrole nitrogens is 1. The number of alkyl halides is 3. The number of hydrogen-bond donors (Lipinski definition) is 1. The molecule has 1 N–H and O–H groups in total. The fraction of sp³-hybridized carbons (Fsp3) is 0.190. The molecule has 166 valence electrons. The van der Waals surface area contributed by atoms with Crippen molar-refractivity contribution in [3.05, 3.63) is 70.0 Å². The summed E-state index contributed by atoms with van der Waals surface area (Å²) < 4.78 is 50.8. The smallest absolute Gasteiger partial charge is 0.416 e. The van der Waals surface area contributed by atoms with E-state index in [4.69, 9.17) is 9.47 Å². The third kappa shape index (κ3) is 4.28. The van der Waals surface area contributed by atoms with Crippen molar-refractivity contribution in [2.75, 3.05) is 14.2 Å². The Balaban J connectivity index is 1.67. The molecule has 2 aromatic heterocycles. The zero-order valence-electron chi connectivity index (χ0n) is 16.9. The molecule has 0 atom stereocenters. The van der Waals surface area contributed by atoms with Crippen LogP contribution in [0, 0.1) is 0 Å². The topological polar surface area (TPSA) is 81.5 Å². The molecule has 11 heteroatoms. The Morgan fingerprint density at radius 1 is 1.06 bits per heavy atom. The molecular weight excluding hydrogens is 445 g/mol. The average molecular weight is 462 g/mol. The lowest BCUT2D eigenvalue weighted by molar-refractivity contribution is -0.137. The van der Waals surface area contributed by atoms with Crippen LogP contribution in [0.25, 0.3) is 16.8 Å². The van der Waals surface area contributed by atoms with Crippen molar-refractivity contribution >= 4 is 17.3 Å². The van der Waals surface area contributed by atoms with E-state index in [0.29, 0.717) is 33.5 Å². The minimum Gasteiger partial charge on any atom is -0.493 e. The summed E-state index contributed by atoms with van der Waals surface area (Å²) in [5.41, 5.74) is 0.775. The number of aromatic nitrogens is 4. The van der Waals surface area contributed by atoms with E-state index in [2.05, 4.69) is 15.3 Å². The predicted molar refractivity (Wildman–Crippen MR) is 113 cm³/mol. The highest BCUT2D eigenvalue weighted by Gasteiger charge is 2.30. The quantitative estimate of drug-likeness (QED) is 0.428. The van der Waals surface area contributed by atoms with Crippen LogP contribution in [0.5, 0.6) is 11.5 Å². The first-order valence-electron chi connectivity index (χ1n) is 9.30. The Kier molecular flexibility index (Phi) is 5.83. The first-order chi connectivity index (χ1) is 15.3. The molecule has 0 aliphatic carbocycles. The third-order valence-electron chi connectivity index (χ3n) is 4.68. The molecule has 0 fully saturated rings. The molecule has 0 aliphatic heterocycles. The van der Waals surface area contributed by atoms with Crippen LogP contribution in [0.15, 0.2) is 58.5 Å². The molecule has 7 nitrogen and oxygen atoms in total. The maximum atomic E-state index is 13.0. The monoisotopic (exact) mass is 462 g/mol. The zero-order valence-corrected chi connectivity index (χ0v) is 17.8. The molecule has 0 saturated carbocycles. The van der Waals surface area contributed by atoms with Gasteiger partial charge in [-0.15, -0.1) is 5.10 Å². The summed E-state index contributed by atoms with van der Waals surface area (Å²) in [7, 11) is 3.05. The van der Waals surface area contributed by atoms with Crippen molar-refractivity contribution in [1.29, 1.82) is 0 Å². The summed E-state index contributed by atoms with van der Waals surface area (Å²) in [4.78, 5) is 12.3. The van der Waals surface area contributed by atoms with Gasteiger partial charge in [-0.1, -0.05) is 30.0 Å². The summed E-state index contributed by atoms with van der Waals surface area (Å²) in [6, 6.07) is 11.9. The summed E-state index contributed by atoms with van der Waals surface area (Å²) in [5.74, 6) is 1.27. The van der Waals surface area contributed by atoms with E-state index < -0.39 is 17.3 Å². The van der Waals surface area contributed by atoms with Gasteiger partial charge >= 0.3 is 6.18 Å². The van der Waals surface area contributed by atoms with Crippen LogP contribution in [0.2, 0.25) is 0 Å². The second-order valence-electron chi connectivity index (χ2n) is 6.72. The van der Waals surface area contributed by atoms with Crippen LogP contribution in [0.4, 0.5) is 13.2 Å². The average Bonchev–Trinajstić information content (AvgIpc) is 3.24. The van der Waals surface area contributed by atoms with Crippen LogP contribution >= 0.6 is 11.8 Å². The van der Waals surface area contributed by atoms with E-state index in [-0.39, 0.29) is 11.3 Å². The molecule has 0 unspecified atom stereocenters. The van der Waals surface area contributed by atoms with Gasteiger partial charge < -0.3 is 9.47 Å². The van der Waals surface area contributed by atoms with Gasteiger partial charge in [-0.3, -0.25) is 4.79 Å². The molecule has 2 heterocycles. The second-order valence-corrected chi connectivity index (χ2v) is 7.66. The Labute approximate surface area is 184 Å². The van der Waals surface area contributed by atoms with Gasteiger partial charge in [0.05, 0.1) is 25.5 Å². The van der Waals surface area contributed by atoms with Gasteiger partial charge in [0.2, 0.25) is 5.16 Å². The summed E-state index contributed by atoms with van der Waals surface area (Å²) in [6.07, 6.45) is -4.42. The maximum absolute atomic E-state index is 13.0. The highest BCUT2D eigenvalue weighted by atomic mass is 32.2. The van der Waals surface area contributed by atoms with Gasteiger partial charge in [-0.25, -0.2) is 9.61 Å². The molecule has 4 rings (SSSR count). The van der Waals surface area contributed by atoms with Crippen molar-refractivity contribution in [1.82, 2.24) is 19.8 Å². The lowest BCUT2D eigenvalue weighted by Crippen LogP contribution is -2.13. The number of thioether (sulfide) groups is 1. The van der Waals surface area contributed by atoms with Gasteiger partial charge in [0.1, 0.15) is 5.52 Å². The van der Waals surface area contributed by atoms with Crippen LogP contribution in [-0.2, 0) is 11.9 Å². The lowest BCUT2D eigenvalue weighted by Gasteiger charge is -2.09. The minimum absolute atomic E-state index is 0.212. The Morgan fingerprint density at radius 3 is 2.56 bits per heavy atom. The number of fused-ring (bicyclic) bond motifs is 1. The lowest BCUT2D eigenvalue weighted by atomic mass is 10.1. The molecule has 0 spiro atoms. The molecule has 4 aromatic rings. The second kappa shape index (κ2) is 8.58. The third-order valence-corrected chi connectivity index (χ3v) is 5.68. The van der Waals surface area contributed by atoms with Gasteiger partial charge in [-0.05, 0) is 35.9 Å². The number of ether oxygens (including phenoxy) is 2. The van der Waals surface area contributed by atoms with Gasteiger partial charge in [0, 0.05) is 11.3 Å². The van der Waals surface area contributed by atoms with E-state index >= 15 is 0 Å². The van der Waals surface area contributed by atoms with Crippen molar-refractivity contribution < 1.29 is 22.6 Å². The van der Waals surface area contributed by atoms with Crippen molar-refractivity contribution in [3.63, 3.8) is 0 Å². The standard InChI is InChI=1S/C21H17F3N4O3S/c1-30-17-7-6-13(9-18(17)31-2)15-10-16-19(29)25-26-20(28(16)27-15)32-11-12-4-3-5-14(8-12)21(22,23)24/h3-10H,11H2,1-2H3,(H,25,29). The maximum Gasteiger partial charge on any atom is 0.416 e. The van der Waals surface area contributed by atoms with E-state index in [9.17, 15) is 18.0 Å². The van der Waals surface area contributed by atoms with Gasteiger partial charge in [-0.2, -0.15) is 18.3 Å². The number of aromatic amines is 1. The van der Waals surface area contributed by atoms with E-state index in [0.717, 1.165) is 23.9 Å². The number of nitrogens with zero attached hydrogens (tertiary/aromatic N) is 3. The highest BCUT2D eigenvalue weighted by Crippen LogP contribution is 2.33. The fourth-order valence-electron chi connectivity index (χ4n) is 3.11. The van der Waals surface area contributed by atoms with Gasteiger partial charge in [0.15, 0.2) is 11.5 Å². The molecule has 2 aromatic carbocycles. The van der Waals surface area contributed by atoms with Crippen molar-refractivity contribution in [2.24, 2.45) is 0 Å². The van der Waals surface area contributed by atoms with Crippen LogP contribution in [-0.4, -0.2) is 34.0 Å². The van der Waals surface area contributed by atoms with Crippen molar-refractivity contribution in [2.45, 2.75) is 17.1 Å². The van der Waals surface area contributed by atoms with Crippen LogP contribution < -0.4 is 15.0 Å². The van der Waals surface area contributed by atoms with E-state index in [1.807, 2.05) is 0 Å². The molecule has 32 heavy (non-hydrogen) atoms. The first kappa shape index (κ1) is 21.8. The normalized spacial score (nSPS) is 11.7. The molecule has 0 aliphatic rings. The number of methoxy groups -OCH3 is 2. The Hall–Kier alpha value is -3.47. The number of nitrogens with one attached hydrogen (secondary N) is 1. The minimum atomic E-state index is -4.42. The molecule has 0 radical (unpaired) electrons. The largest absolute Gasteiger partial charge is 0.493 e. The molecular formula is C21H17F3N4O3S. The van der Waals surface area contributed by atoms with Crippen LogP contribution in [0.3, 0.4) is 0 Å². The van der Waals surface area contributed by atoms with Crippen LogP contribution in [0.1, 0.15) is 11.1 Å². The Bertz CT molecular complexity index is 1330. The molecule has 0 bridgehead atoms. The fourth-order valence-corrected chi connectivity index (χ4v) is 3.95. The SMILES string of the molecule is COc1ccc(-c2cc3c(=O)[nH]nc(SCc4cccc(C(F)(F)F)c4)n3n2)cc1OC. The van der Waals surface area contributed by atoms with Gasteiger partial charge in [0.25, 0.3) is 5.56 Å². The number of hydrogen-bond acceptors (Lipinski definition) is 6. The zero-order chi connectivity index (χ0) is 22.9. The van der Waals surface area contributed by atoms with Crippen molar-refractivity contribution in [3.8, 4) is 22.8 Å². The number of halogens is 3. The number of rotatable bonds is 6. The summed E-state index contributed by atoms with van der Waals surface area (Å²) >= 11 is 1.16. The van der Waals surface area contributed by atoms with E-state index in [1.165, 1.54) is 24.8 Å². The first-order valence-corrected chi connectivity index (χ1v) is 10.3. The summed E-state index contributed by atoms with van der Waals surface area (Å²) in [5, 5.41) is 11.2. The molecule has 0 saturated heterocycles. The highest BCUT2D eigenvalue weighted by molar-refractivity contribution is 7.98. The summed E-state index contributed by atoms with van der Waals surface area (Å²) in [6.45, 7) is 0. The predicted octanol–water partition coefficient (Wildman–Crippen LogP) is 4.41.